The standard InChI is InChI=1S/C14H18N2O5/c1-9(13(18)20-2)8-11(14(19)21-3)16-12(17)10-6-4-5-7-15-10/h4-7,9,11H,8H2,1-3H3,(H,16,17)/t9-,11-/m0/s1. The van der Waals surface area contributed by atoms with Crippen LogP contribution in [0.25, 0.3) is 0 Å². The number of nitrogens with zero attached hydrogens (tertiary/aromatic N) is 1. The number of pyridine rings is 1. The van der Waals surface area contributed by atoms with Crippen molar-refractivity contribution in [2.24, 2.45) is 5.92 Å². The molecule has 1 rings (SSSR count). The molecule has 1 amide bonds. The van der Waals surface area contributed by atoms with Crippen LogP contribution in [0, 0.1) is 5.92 Å². The Balaban J connectivity index is 2.77. The molecule has 1 aromatic heterocycles. The largest absolute Gasteiger partial charge is 0.469 e. The summed E-state index contributed by atoms with van der Waals surface area (Å²) in [6.07, 6.45) is 1.55. The molecule has 114 valence electrons. The van der Waals surface area contributed by atoms with Crippen LogP contribution in [0.3, 0.4) is 0 Å². The average molecular weight is 294 g/mol. The first-order chi connectivity index (χ1) is 9.99. The van der Waals surface area contributed by atoms with Crippen molar-refractivity contribution >= 4 is 17.8 Å². The van der Waals surface area contributed by atoms with Gasteiger partial charge in [-0.3, -0.25) is 14.6 Å². The number of hydrogen-bond acceptors (Lipinski definition) is 6. The molecule has 2 atom stereocenters. The van der Waals surface area contributed by atoms with Gasteiger partial charge in [0.2, 0.25) is 0 Å². The van der Waals surface area contributed by atoms with Crippen LogP contribution in [0.2, 0.25) is 0 Å². The van der Waals surface area contributed by atoms with Crippen molar-refractivity contribution in [2.75, 3.05) is 14.2 Å². The van der Waals surface area contributed by atoms with Gasteiger partial charge in [0.15, 0.2) is 0 Å². The summed E-state index contributed by atoms with van der Waals surface area (Å²) in [7, 11) is 2.48. The molecule has 0 saturated heterocycles. The maximum Gasteiger partial charge on any atom is 0.328 e. The van der Waals surface area contributed by atoms with E-state index in [1.165, 1.54) is 26.5 Å². The van der Waals surface area contributed by atoms with Gasteiger partial charge >= 0.3 is 11.9 Å². The van der Waals surface area contributed by atoms with Gasteiger partial charge in [0.1, 0.15) is 11.7 Å². The highest BCUT2D eigenvalue weighted by molar-refractivity contribution is 5.95. The van der Waals surface area contributed by atoms with Crippen molar-refractivity contribution in [1.29, 1.82) is 0 Å². The summed E-state index contributed by atoms with van der Waals surface area (Å²) in [6, 6.07) is 3.91. The van der Waals surface area contributed by atoms with E-state index in [-0.39, 0.29) is 12.1 Å². The van der Waals surface area contributed by atoms with Crippen molar-refractivity contribution in [3.8, 4) is 0 Å². The third-order valence-corrected chi connectivity index (χ3v) is 2.88. The molecule has 0 aliphatic rings. The summed E-state index contributed by atoms with van der Waals surface area (Å²) in [5.41, 5.74) is 0.178. The average Bonchev–Trinajstić information content (AvgIpc) is 2.53. The Morgan fingerprint density at radius 1 is 1.19 bits per heavy atom. The zero-order chi connectivity index (χ0) is 15.8. The van der Waals surface area contributed by atoms with Gasteiger partial charge in [0, 0.05) is 6.20 Å². The van der Waals surface area contributed by atoms with Gasteiger partial charge in [-0.15, -0.1) is 0 Å². The predicted octanol–water partition coefficient (Wildman–Crippen LogP) is 0.552. The number of carbonyl (C=O) groups excluding carboxylic acids is 3. The lowest BCUT2D eigenvalue weighted by Crippen LogP contribution is -2.43. The fraction of sp³-hybridized carbons (Fsp3) is 0.429. The second kappa shape index (κ2) is 7.98. The van der Waals surface area contributed by atoms with Crippen molar-refractivity contribution < 1.29 is 23.9 Å². The van der Waals surface area contributed by atoms with E-state index in [0.717, 1.165) is 0 Å². The third kappa shape index (κ3) is 4.87. The molecule has 0 bridgehead atoms. The Morgan fingerprint density at radius 3 is 2.38 bits per heavy atom. The molecule has 0 saturated carbocycles. The number of esters is 2. The molecule has 0 fully saturated rings. The second-order valence-corrected chi connectivity index (χ2v) is 4.42. The van der Waals surface area contributed by atoms with E-state index in [0.29, 0.717) is 0 Å². The Hall–Kier alpha value is -2.44. The summed E-state index contributed by atoms with van der Waals surface area (Å²) in [4.78, 5) is 39.0. The number of hydrogen-bond donors (Lipinski definition) is 1. The highest BCUT2D eigenvalue weighted by atomic mass is 16.5. The predicted molar refractivity (Wildman–Crippen MR) is 73.3 cm³/mol. The molecule has 7 nitrogen and oxygen atoms in total. The first-order valence-electron chi connectivity index (χ1n) is 6.37. The van der Waals surface area contributed by atoms with Crippen LogP contribution in [0.5, 0.6) is 0 Å². The topological polar surface area (TPSA) is 94.6 Å². The highest BCUT2D eigenvalue weighted by Gasteiger charge is 2.27. The van der Waals surface area contributed by atoms with Gasteiger partial charge in [-0.05, 0) is 18.6 Å². The minimum absolute atomic E-state index is 0.0813. The molecule has 0 unspecified atom stereocenters. The van der Waals surface area contributed by atoms with Crippen LogP contribution < -0.4 is 5.32 Å². The maximum absolute atomic E-state index is 12.0. The molecule has 1 heterocycles. The number of methoxy groups -OCH3 is 2. The van der Waals surface area contributed by atoms with Crippen molar-refractivity contribution in [1.82, 2.24) is 10.3 Å². The summed E-state index contributed by atoms with van der Waals surface area (Å²) < 4.78 is 9.24. The zero-order valence-electron chi connectivity index (χ0n) is 12.2. The van der Waals surface area contributed by atoms with Crippen molar-refractivity contribution in [3.63, 3.8) is 0 Å². The number of amides is 1. The lowest BCUT2D eigenvalue weighted by atomic mass is 10.0. The van der Waals surface area contributed by atoms with Crippen LogP contribution in [-0.2, 0) is 19.1 Å². The number of carbonyl (C=O) groups is 3. The summed E-state index contributed by atoms with van der Waals surface area (Å²) in [5, 5.41) is 2.51. The van der Waals surface area contributed by atoms with Crippen LogP contribution >= 0.6 is 0 Å². The molecule has 21 heavy (non-hydrogen) atoms. The van der Waals surface area contributed by atoms with Gasteiger partial charge in [-0.25, -0.2) is 4.79 Å². The van der Waals surface area contributed by atoms with Crippen LogP contribution in [0.15, 0.2) is 24.4 Å². The van der Waals surface area contributed by atoms with E-state index in [4.69, 9.17) is 0 Å². The van der Waals surface area contributed by atoms with Crippen LogP contribution in [-0.4, -0.2) is 43.1 Å². The summed E-state index contributed by atoms with van der Waals surface area (Å²) in [6.45, 7) is 1.61. The molecule has 0 radical (unpaired) electrons. The minimum Gasteiger partial charge on any atom is -0.469 e. The Kier molecular flexibility index (Phi) is 6.32. The number of rotatable bonds is 6. The SMILES string of the molecule is COC(=O)[C@H](C[C@H](C)C(=O)OC)NC(=O)c1ccccn1. The number of nitrogens with one attached hydrogen (secondary N) is 1. The van der Waals surface area contributed by atoms with E-state index >= 15 is 0 Å². The van der Waals surface area contributed by atoms with Gasteiger partial charge in [0.05, 0.1) is 20.1 Å². The van der Waals surface area contributed by atoms with Crippen molar-refractivity contribution in [2.45, 2.75) is 19.4 Å². The highest BCUT2D eigenvalue weighted by Crippen LogP contribution is 2.10. The van der Waals surface area contributed by atoms with Gasteiger partial charge < -0.3 is 14.8 Å². The lowest BCUT2D eigenvalue weighted by molar-refractivity contribution is -0.147. The molecular formula is C14H18N2O5. The van der Waals surface area contributed by atoms with Gasteiger partial charge in [-0.2, -0.15) is 0 Å². The molecule has 1 N–H and O–H groups in total. The normalized spacial score (nSPS) is 12.9. The Bertz CT molecular complexity index is 503. The third-order valence-electron chi connectivity index (χ3n) is 2.88. The van der Waals surface area contributed by atoms with Crippen molar-refractivity contribution in [3.05, 3.63) is 30.1 Å². The first kappa shape index (κ1) is 16.6. The number of aromatic nitrogens is 1. The monoisotopic (exact) mass is 294 g/mol. The fourth-order valence-electron chi connectivity index (χ4n) is 1.74. The lowest BCUT2D eigenvalue weighted by Gasteiger charge is -2.18. The molecule has 7 heteroatoms. The second-order valence-electron chi connectivity index (χ2n) is 4.42. The van der Waals surface area contributed by atoms with Crippen LogP contribution in [0.4, 0.5) is 0 Å². The van der Waals surface area contributed by atoms with Gasteiger partial charge in [-0.1, -0.05) is 13.0 Å². The van der Waals surface area contributed by atoms with E-state index in [1.54, 1.807) is 19.1 Å². The van der Waals surface area contributed by atoms with Crippen LogP contribution in [0.1, 0.15) is 23.8 Å². The van der Waals surface area contributed by atoms with E-state index in [2.05, 4.69) is 19.8 Å². The van der Waals surface area contributed by atoms with E-state index < -0.39 is 29.8 Å². The smallest absolute Gasteiger partial charge is 0.328 e. The molecule has 0 aliphatic carbocycles. The fourth-order valence-corrected chi connectivity index (χ4v) is 1.74. The Labute approximate surface area is 122 Å². The maximum atomic E-state index is 12.0. The number of ether oxygens (including phenoxy) is 2. The summed E-state index contributed by atoms with van der Waals surface area (Å²) >= 11 is 0. The quantitative estimate of drug-likeness (QED) is 0.770. The molecule has 0 aromatic carbocycles. The molecule has 1 aromatic rings. The zero-order valence-corrected chi connectivity index (χ0v) is 12.2. The van der Waals surface area contributed by atoms with Gasteiger partial charge in [0.25, 0.3) is 5.91 Å². The van der Waals surface area contributed by atoms with E-state index in [1.807, 2.05) is 0 Å². The molecule has 0 aliphatic heterocycles. The van der Waals surface area contributed by atoms with E-state index in [9.17, 15) is 14.4 Å². The molecular weight excluding hydrogens is 276 g/mol. The first-order valence-corrected chi connectivity index (χ1v) is 6.37. The minimum atomic E-state index is -0.946. The Morgan fingerprint density at radius 2 is 1.86 bits per heavy atom. The summed E-state index contributed by atoms with van der Waals surface area (Å²) in [5.74, 6) is -2.16. The molecule has 0 spiro atoms.